The lowest BCUT2D eigenvalue weighted by Crippen LogP contribution is -2.30. The Morgan fingerprint density at radius 3 is 2.77 bits per heavy atom. The molecule has 0 N–H and O–H groups in total. The maximum Gasteiger partial charge on any atom is 0.417 e. The number of rotatable bonds is 4. The molecule has 6 rings (SSSR count). The van der Waals surface area contributed by atoms with Crippen molar-refractivity contribution in [3.63, 3.8) is 0 Å². The third-order valence-electron chi connectivity index (χ3n) is 6.82. The number of benzene rings is 1. The second kappa shape index (κ2) is 8.27. The van der Waals surface area contributed by atoms with Crippen molar-refractivity contribution in [3.8, 4) is 11.4 Å². The fourth-order valence-corrected chi connectivity index (χ4v) is 5.12. The maximum atomic E-state index is 12.8. The molecule has 6 nitrogen and oxygen atoms in total. The number of alkyl halides is 3. The Labute approximate surface area is 198 Å². The van der Waals surface area contributed by atoms with E-state index in [2.05, 4.69) is 9.88 Å². The minimum atomic E-state index is -4.44. The summed E-state index contributed by atoms with van der Waals surface area (Å²) in [6.07, 6.45) is 1.19. The molecule has 3 aromatic heterocycles. The van der Waals surface area contributed by atoms with Crippen molar-refractivity contribution < 1.29 is 22.3 Å². The Morgan fingerprint density at radius 2 is 2.00 bits per heavy atom. The summed E-state index contributed by atoms with van der Waals surface area (Å²) in [6, 6.07) is 11.5. The number of pyridine rings is 2. The third-order valence-corrected chi connectivity index (χ3v) is 6.82. The molecule has 0 saturated carbocycles. The van der Waals surface area contributed by atoms with E-state index in [4.69, 9.17) is 9.15 Å². The SMILES string of the molecule is O=c1cc(OCc2ccc(C(F)(F)F)cn2)ccn1-c1ccc2c3c(oc2c1)CCN1CCCC31. The smallest absolute Gasteiger partial charge is 0.417 e. The predicted molar refractivity (Wildman–Crippen MR) is 123 cm³/mol. The highest BCUT2D eigenvalue weighted by Crippen LogP contribution is 2.43. The standard InChI is InChI=1S/C26H22F3N3O3/c27-26(28,29)16-3-4-17(30-14-16)15-34-19-7-11-32(24(33)13-19)18-5-6-20-23(12-18)35-22-8-10-31-9-1-2-21(31)25(20)22/h3-7,11-14,21H,1-2,8-10,15H2. The van der Waals surface area contributed by atoms with Gasteiger partial charge in [0.15, 0.2) is 0 Å². The summed E-state index contributed by atoms with van der Waals surface area (Å²) in [5.74, 6) is 1.36. The topological polar surface area (TPSA) is 60.5 Å². The van der Waals surface area contributed by atoms with Crippen molar-refractivity contribution in [2.75, 3.05) is 13.1 Å². The molecule has 0 radical (unpaired) electrons. The molecule has 0 bridgehead atoms. The lowest BCUT2D eigenvalue weighted by molar-refractivity contribution is -0.137. The van der Waals surface area contributed by atoms with Crippen LogP contribution in [0.2, 0.25) is 0 Å². The quantitative estimate of drug-likeness (QED) is 0.398. The zero-order valence-corrected chi connectivity index (χ0v) is 18.7. The summed E-state index contributed by atoms with van der Waals surface area (Å²) in [7, 11) is 0. The molecule has 0 aliphatic carbocycles. The summed E-state index contributed by atoms with van der Waals surface area (Å²) in [6.45, 7) is 2.10. The van der Waals surface area contributed by atoms with Crippen LogP contribution >= 0.6 is 0 Å². The molecule has 1 fully saturated rings. The number of nitrogens with zero attached hydrogens (tertiary/aromatic N) is 3. The van der Waals surface area contributed by atoms with E-state index < -0.39 is 11.7 Å². The van der Waals surface area contributed by atoms with E-state index in [-0.39, 0.29) is 12.2 Å². The van der Waals surface area contributed by atoms with Gasteiger partial charge in [-0.25, -0.2) is 0 Å². The highest BCUT2D eigenvalue weighted by molar-refractivity contribution is 5.85. The minimum Gasteiger partial charge on any atom is -0.487 e. The molecule has 9 heteroatoms. The van der Waals surface area contributed by atoms with Gasteiger partial charge in [0.25, 0.3) is 5.56 Å². The molecule has 0 amide bonds. The number of halogens is 3. The number of ether oxygens (including phenoxy) is 1. The Balaban J connectivity index is 1.21. The summed E-state index contributed by atoms with van der Waals surface area (Å²) in [4.78, 5) is 19.1. The van der Waals surface area contributed by atoms with Crippen LogP contribution in [0.3, 0.4) is 0 Å². The van der Waals surface area contributed by atoms with Crippen molar-refractivity contribution in [1.82, 2.24) is 14.5 Å². The van der Waals surface area contributed by atoms with Gasteiger partial charge in [-0.2, -0.15) is 13.2 Å². The average molecular weight is 481 g/mol. The van der Waals surface area contributed by atoms with Crippen LogP contribution in [0.15, 0.2) is 64.1 Å². The molecule has 1 unspecified atom stereocenters. The highest BCUT2D eigenvalue weighted by Gasteiger charge is 2.35. The normalized spacial score (nSPS) is 18.0. The number of hydrogen-bond acceptors (Lipinski definition) is 5. The van der Waals surface area contributed by atoms with Gasteiger partial charge in [-0.05, 0) is 49.7 Å². The number of furan rings is 1. The Bertz CT molecular complexity index is 1460. The first kappa shape index (κ1) is 21.9. The molecule has 180 valence electrons. The first-order chi connectivity index (χ1) is 16.9. The van der Waals surface area contributed by atoms with Crippen LogP contribution in [0.25, 0.3) is 16.7 Å². The van der Waals surface area contributed by atoms with Crippen molar-refractivity contribution in [3.05, 3.63) is 87.8 Å². The summed E-state index contributed by atoms with van der Waals surface area (Å²) in [5.41, 5.74) is 1.98. The number of aromatic nitrogens is 2. The molecular formula is C26H22F3N3O3. The van der Waals surface area contributed by atoms with E-state index in [9.17, 15) is 18.0 Å². The Kier molecular flexibility index (Phi) is 5.17. The van der Waals surface area contributed by atoms with Gasteiger partial charge in [0.05, 0.1) is 16.9 Å². The monoisotopic (exact) mass is 481 g/mol. The molecule has 1 aromatic carbocycles. The fraction of sp³-hybridized carbons (Fsp3) is 0.308. The van der Waals surface area contributed by atoms with Crippen LogP contribution in [-0.4, -0.2) is 27.5 Å². The van der Waals surface area contributed by atoms with Gasteiger partial charge in [-0.15, -0.1) is 0 Å². The number of fused-ring (bicyclic) bond motifs is 5. The van der Waals surface area contributed by atoms with Crippen LogP contribution < -0.4 is 10.3 Å². The average Bonchev–Trinajstić information content (AvgIpc) is 3.46. The van der Waals surface area contributed by atoms with E-state index in [1.807, 2.05) is 18.2 Å². The van der Waals surface area contributed by atoms with Gasteiger partial charge in [-0.3, -0.25) is 19.2 Å². The summed E-state index contributed by atoms with van der Waals surface area (Å²) < 4.78 is 51.3. The van der Waals surface area contributed by atoms with Crippen LogP contribution in [0.1, 0.15) is 41.5 Å². The first-order valence-corrected chi connectivity index (χ1v) is 11.5. The molecule has 2 aliphatic rings. The van der Waals surface area contributed by atoms with Gasteiger partial charge in [0, 0.05) is 54.5 Å². The summed E-state index contributed by atoms with van der Waals surface area (Å²) in [5, 5.41) is 1.11. The van der Waals surface area contributed by atoms with Crippen LogP contribution in [0.4, 0.5) is 13.2 Å². The first-order valence-electron chi connectivity index (χ1n) is 11.5. The molecule has 5 heterocycles. The van der Waals surface area contributed by atoms with E-state index >= 15 is 0 Å². The maximum absolute atomic E-state index is 12.8. The van der Waals surface area contributed by atoms with E-state index in [0.717, 1.165) is 54.9 Å². The van der Waals surface area contributed by atoms with E-state index in [1.165, 1.54) is 28.7 Å². The fourth-order valence-electron chi connectivity index (χ4n) is 5.12. The molecule has 4 aromatic rings. The van der Waals surface area contributed by atoms with Gasteiger partial charge in [0.2, 0.25) is 0 Å². The van der Waals surface area contributed by atoms with Crippen molar-refractivity contribution >= 4 is 11.0 Å². The van der Waals surface area contributed by atoms with E-state index in [1.54, 1.807) is 12.3 Å². The van der Waals surface area contributed by atoms with Crippen LogP contribution in [0.5, 0.6) is 5.75 Å². The van der Waals surface area contributed by atoms with Crippen LogP contribution in [0, 0.1) is 0 Å². The Hall–Kier alpha value is -3.59. The van der Waals surface area contributed by atoms with Crippen molar-refractivity contribution in [2.45, 2.75) is 38.1 Å². The van der Waals surface area contributed by atoms with Gasteiger partial charge < -0.3 is 9.15 Å². The third kappa shape index (κ3) is 3.99. The van der Waals surface area contributed by atoms with Gasteiger partial charge in [-0.1, -0.05) is 0 Å². The van der Waals surface area contributed by atoms with Crippen LogP contribution in [-0.2, 0) is 19.2 Å². The summed E-state index contributed by atoms with van der Waals surface area (Å²) >= 11 is 0. The predicted octanol–water partition coefficient (Wildman–Crippen LogP) is 5.27. The Morgan fingerprint density at radius 1 is 1.11 bits per heavy atom. The second-order valence-electron chi connectivity index (χ2n) is 8.96. The zero-order valence-electron chi connectivity index (χ0n) is 18.7. The zero-order chi connectivity index (χ0) is 24.2. The second-order valence-corrected chi connectivity index (χ2v) is 8.96. The van der Waals surface area contributed by atoms with Crippen molar-refractivity contribution in [1.29, 1.82) is 0 Å². The van der Waals surface area contributed by atoms with Gasteiger partial charge in [0.1, 0.15) is 23.7 Å². The molecule has 0 spiro atoms. The largest absolute Gasteiger partial charge is 0.487 e. The minimum absolute atomic E-state index is 0.0519. The lowest BCUT2D eigenvalue weighted by Gasteiger charge is -2.28. The molecular weight excluding hydrogens is 459 g/mol. The molecule has 1 saturated heterocycles. The highest BCUT2D eigenvalue weighted by atomic mass is 19.4. The van der Waals surface area contributed by atoms with E-state index in [0.29, 0.717) is 23.2 Å². The molecule has 1 atom stereocenters. The van der Waals surface area contributed by atoms with Crippen molar-refractivity contribution in [2.24, 2.45) is 0 Å². The van der Waals surface area contributed by atoms with Gasteiger partial charge >= 0.3 is 6.18 Å². The molecule has 2 aliphatic heterocycles. The molecule has 35 heavy (non-hydrogen) atoms. The number of hydrogen-bond donors (Lipinski definition) is 0. The lowest BCUT2D eigenvalue weighted by atomic mass is 9.96.